The normalized spacial score (nSPS) is 22.3. The van der Waals surface area contributed by atoms with Crippen molar-refractivity contribution >= 4 is 15.5 Å². The number of hydrogen-bond donors (Lipinski definition) is 1. The molecule has 1 N–H and O–H groups in total. The van der Waals surface area contributed by atoms with E-state index in [0.29, 0.717) is 23.7 Å². The third-order valence-electron chi connectivity index (χ3n) is 3.61. The van der Waals surface area contributed by atoms with Crippen LogP contribution in [0.3, 0.4) is 0 Å². The van der Waals surface area contributed by atoms with Gasteiger partial charge in [-0.15, -0.1) is 0 Å². The lowest BCUT2D eigenvalue weighted by Gasteiger charge is -2.43. The lowest BCUT2D eigenvalue weighted by Crippen LogP contribution is -2.54. The summed E-state index contributed by atoms with van der Waals surface area (Å²) in [6.07, 6.45) is -0.314. The first-order valence-corrected chi connectivity index (χ1v) is 8.80. The monoisotopic (exact) mass is 313 g/mol. The number of aliphatic hydroxyl groups is 1. The van der Waals surface area contributed by atoms with Crippen molar-refractivity contribution in [3.05, 3.63) is 24.3 Å². The fraction of sp³-hybridized carbons (Fsp3) is 0.600. The third-order valence-corrected chi connectivity index (χ3v) is 5.38. The van der Waals surface area contributed by atoms with Crippen molar-refractivity contribution < 1.29 is 18.3 Å². The fourth-order valence-electron chi connectivity index (χ4n) is 2.71. The molecule has 1 aliphatic heterocycles. The van der Waals surface area contributed by atoms with Crippen LogP contribution in [0.1, 0.15) is 20.8 Å². The topological polar surface area (TPSA) is 66.8 Å². The summed E-state index contributed by atoms with van der Waals surface area (Å²) in [7, 11) is -3.28. The molecule has 1 aliphatic rings. The van der Waals surface area contributed by atoms with Crippen molar-refractivity contribution in [3.8, 4) is 0 Å². The first kappa shape index (κ1) is 16.3. The number of rotatable bonds is 4. The average molecular weight is 313 g/mol. The quantitative estimate of drug-likeness (QED) is 0.911. The van der Waals surface area contributed by atoms with E-state index in [0.717, 1.165) is 0 Å². The molecule has 1 aromatic carbocycles. The second-order valence-corrected chi connectivity index (χ2v) is 8.18. The standard InChI is InChI=1S/C15H23NO4S/c1-4-21(18,19)14-8-6-5-7-13(14)16-9-12(10-17)20-15(2,3)11-16/h5-8,12,17H,4,9-11H2,1-3H3. The van der Waals surface area contributed by atoms with Crippen LogP contribution in [0, 0.1) is 0 Å². The Kier molecular flexibility index (Phi) is 4.60. The van der Waals surface area contributed by atoms with Gasteiger partial charge in [0, 0.05) is 13.1 Å². The van der Waals surface area contributed by atoms with E-state index in [4.69, 9.17) is 4.74 Å². The van der Waals surface area contributed by atoms with Gasteiger partial charge in [-0.3, -0.25) is 0 Å². The molecule has 1 heterocycles. The van der Waals surface area contributed by atoms with Crippen LogP contribution in [0.2, 0.25) is 0 Å². The van der Waals surface area contributed by atoms with Gasteiger partial charge in [-0.1, -0.05) is 19.1 Å². The Labute approximate surface area is 126 Å². The van der Waals surface area contributed by atoms with E-state index in [2.05, 4.69) is 0 Å². The summed E-state index contributed by atoms with van der Waals surface area (Å²) in [5.41, 5.74) is 0.253. The molecule has 0 spiro atoms. The summed E-state index contributed by atoms with van der Waals surface area (Å²) in [5.74, 6) is 0.0706. The van der Waals surface area contributed by atoms with E-state index >= 15 is 0 Å². The average Bonchev–Trinajstić information content (AvgIpc) is 2.45. The first-order valence-electron chi connectivity index (χ1n) is 7.14. The molecular formula is C15H23NO4S. The molecule has 0 amide bonds. The van der Waals surface area contributed by atoms with Gasteiger partial charge in [0.25, 0.3) is 0 Å². The van der Waals surface area contributed by atoms with E-state index < -0.39 is 15.4 Å². The zero-order valence-corrected chi connectivity index (χ0v) is 13.6. The van der Waals surface area contributed by atoms with Gasteiger partial charge in [-0.2, -0.15) is 0 Å². The van der Waals surface area contributed by atoms with Gasteiger partial charge in [0.2, 0.25) is 0 Å². The molecule has 0 aromatic heterocycles. The highest BCUT2D eigenvalue weighted by Crippen LogP contribution is 2.31. The fourth-order valence-corrected chi connectivity index (χ4v) is 3.82. The molecule has 1 fully saturated rings. The van der Waals surface area contributed by atoms with Gasteiger partial charge in [0.05, 0.1) is 34.6 Å². The maximum absolute atomic E-state index is 12.3. The maximum Gasteiger partial charge on any atom is 0.180 e. The van der Waals surface area contributed by atoms with E-state index in [1.165, 1.54) is 0 Å². The van der Waals surface area contributed by atoms with Gasteiger partial charge in [0.15, 0.2) is 9.84 Å². The largest absolute Gasteiger partial charge is 0.394 e. The molecule has 1 aromatic rings. The highest BCUT2D eigenvalue weighted by Gasteiger charge is 2.34. The van der Waals surface area contributed by atoms with E-state index in [1.54, 1.807) is 19.1 Å². The van der Waals surface area contributed by atoms with Crippen LogP contribution in [0.5, 0.6) is 0 Å². The SMILES string of the molecule is CCS(=O)(=O)c1ccccc1N1CC(CO)OC(C)(C)C1. The summed E-state index contributed by atoms with van der Waals surface area (Å²) < 4.78 is 30.3. The molecule has 21 heavy (non-hydrogen) atoms. The minimum absolute atomic E-state index is 0.0706. The molecule has 0 bridgehead atoms. The zero-order chi connectivity index (χ0) is 15.7. The first-order chi connectivity index (χ1) is 9.79. The molecule has 1 unspecified atom stereocenters. The molecule has 5 nitrogen and oxygen atoms in total. The highest BCUT2D eigenvalue weighted by molar-refractivity contribution is 7.91. The number of aliphatic hydroxyl groups excluding tert-OH is 1. The number of sulfone groups is 1. The maximum atomic E-state index is 12.3. The Morgan fingerprint density at radius 3 is 2.67 bits per heavy atom. The molecule has 118 valence electrons. The third kappa shape index (κ3) is 3.56. The van der Waals surface area contributed by atoms with Crippen molar-refractivity contribution in [2.24, 2.45) is 0 Å². The number of benzene rings is 1. The van der Waals surface area contributed by atoms with Gasteiger partial charge in [-0.25, -0.2) is 8.42 Å². The number of morpholine rings is 1. The zero-order valence-electron chi connectivity index (χ0n) is 12.7. The molecule has 0 radical (unpaired) electrons. The van der Waals surface area contributed by atoms with Gasteiger partial charge in [-0.05, 0) is 26.0 Å². The van der Waals surface area contributed by atoms with Crippen molar-refractivity contribution in [2.75, 3.05) is 30.3 Å². The lowest BCUT2D eigenvalue weighted by atomic mass is 10.0. The van der Waals surface area contributed by atoms with E-state index in [1.807, 2.05) is 30.9 Å². The van der Waals surface area contributed by atoms with Crippen LogP contribution in [0.25, 0.3) is 0 Å². The molecule has 0 aliphatic carbocycles. The van der Waals surface area contributed by atoms with Crippen LogP contribution >= 0.6 is 0 Å². The summed E-state index contributed by atoms with van der Waals surface area (Å²) in [6.45, 7) is 6.52. The molecule has 1 saturated heterocycles. The predicted molar refractivity (Wildman–Crippen MR) is 82.4 cm³/mol. The minimum atomic E-state index is -3.28. The van der Waals surface area contributed by atoms with Gasteiger partial charge in [0.1, 0.15) is 0 Å². The Balaban J connectivity index is 2.42. The Morgan fingerprint density at radius 2 is 2.05 bits per heavy atom. The summed E-state index contributed by atoms with van der Waals surface area (Å²) >= 11 is 0. The molecule has 6 heteroatoms. The Bertz CT molecular complexity index is 597. The van der Waals surface area contributed by atoms with Gasteiger partial charge >= 0.3 is 0 Å². The summed E-state index contributed by atoms with van der Waals surface area (Å²) in [5, 5.41) is 9.39. The number of para-hydroxylation sites is 1. The van der Waals surface area contributed by atoms with Crippen LogP contribution < -0.4 is 4.90 Å². The van der Waals surface area contributed by atoms with Crippen molar-refractivity contribution in [1.29, 1.82) is 0 Å². The van der Waals surface area contributed by atoms with Gasteiger partial charge < -0.3 is 14.7 Å². The molecular weight excluding hydrogens is 290 g/mol. The number of nitrogens with zero attached hydrogens (tertiary/aromatic N) is 1. The number of anilines is 1. The molecule has 2 rings (SSSR count). The van der Waals surface area contributed by atoms with Crippen LogP contribution in [-0.2, 0) is 14.6 Å². The van der Waals surface area contributed by atoms with Crippen LogP contribution in [-0.4, -0.2) is 50.7 Å². The summed E-state index contributed by atoms with van der Waals surface area (Å²) in [4.78, 5) is 2.34. The van der Waals surface area contributed by atoms with Crippen molar-refractivity contribution in [3.63, 3.8) is 0 Å². The van der Waals surface area contributed by atoms with Crippen molar-refractivity contribution in [1.82, 2.24) is 0 Å². The predicted octanol–water partition coefficient (Wildman–Crippen LogP) is 1.46. The Morgan fingerprint density at radius 1 is 1.38 bits per heavy atom. The highest BCUT2D eigenvalue weighted by atomic mass is 32.2. The lowest BCUT2D eigenvalue weighted by molar-refractivity contribution is -0.101. The van der Waals surface area contributed by atoms with Crippen molar-refractivity contribution in [2.45, 2.75) is 37.4 Å². The second kappa shape index (κ2) is 5.94. The smallest absolute Gasteiger partial charge is 0.180 e. The number of hydrogen-bond acceptors (Lipinski definition) is 5. The number of ether oxygens (including phenoxy) is 1. The van der Waals surface area contributed by atoms with E-state index in [9.17, 15) is 13.5 Å². The van der Waals surface area contributed by atoms with Crippen LogP contribution in [0.15, 0.2) is 29.2 Å². The van der Waals surface area contributed by atoms with Crippen LogP contribution in [0.4, 0.5) is 5.69 Å². The van der Waals surface area contributed by atoms with E-state index in [-0.39, 0.29) is 18.5 Å². The Hall–Kier alpha value is -1.11. The minimum Gasteiger partial charge on any atom is -0.394 e. The molecule has 1 atom stereocenters. The summed E-state index contributed by atoms with van der Waals surface area (Å²) in [6, 6.07) is 7.03. The second-order valence-electron chi connectivity index (χ2n) is 5.93. The molecule has 0 saturated carbocycles.